The van der Waals surface area contributed by atoms with Gasteiger partial charge in [-0.05, 0) is 23.8 Å². The molecule has 0 aliphatic carbocycles. The van der Waals surface area contributed by atoms with Crippen LogP contribution in [0.25, 0.3) is 10.8 Å². The van der Waals surface area contributed by atoms with Crippen molar-refractivity contribution in [3.63, 3.8) is 0 Å². The number of fused-ring (bicyclic) bond motifs is 1. The van der Waals surface area contributed by atoms with Gasteiger partial charge in [0.05, 0.1) is 18.5 Å². The summed E-state index contributed by atoms with van der Waals surface area (Å²) in [6.45, 7) is 1.13. The quantitative estimate of drug-likeness (QED) is 0.767. The molecule has 2 aromatic carbocycles. The molecule has 26 heavy (non-hydrogen) atoms. The number of aromatic nitrogens is 2. The number of halogens is 1. The van der Waals surface area contributed by atoms with E-state index in [9.17, 15) is 14.0 Å². The molecule has 0 spiro atoms. The number of H-pyrrole nitrogens is 1. The Morgan fingerprint density at radius 1 is 1.15 bits per heavy atom. The molecule has 1 unspecified atom stereocenters. The zero-order valence-electron chi connectivity index (χ0n) is 13.8. The third-order valence-corrected chi connectivity index (χ3v) is 4.49. The van der Waals surface area contributed by atoms with Crippen molar-refractivity contribution in [2.75, 3.05) is 19.7 Å². The standard InChI is InChI=1S/C19H16FN3O3/c20-13-7-5-12(6-8-13)16-11-23(9-10-26-16)19(25)17-14-3-1-2-4-15(14)18(24)22-21-17/h1-8,16H,9-11H2,(H,22,24). The van der Waals surface area contributed by atoms with E-state index in [4.69, 9.17) is 4.74 Å². The van der Waals surface area contributed by atoms with Crippen LogP contribution in [-0.2, 0) is 4.74 Å². The topological polar surface area (TPSA) is 75.3 Å². The van der Waals surface area contributed by atoms with E-state index in [1.54, 1.807) is 41.3 Å². The minimum atomic E-state index is -0.331. The van der Waals surface area contributed by atoms with Crippen molar-refractivity contribution in [3.05, 3.63) is 76.0 Å². The summed E-state index contributed by atoms with van der Waals surface area (Å²) in [5.41, 5.74) is 0.687. The maximum Gasteiger partial charge on any atom is 0.275 e. The van der Waals surface area contributed by atoms with Crippen molar-refractivity contribution >= 4 is 16.7 Å². The Labute approximate surface area is 148 Å². The van der Waals surface area contributed by atoms with Gasteiger partial charge in [-0.25, -0.2) is 9.49 Å². The lowest BCUT2D eigenvalue weighted by molar-refractivity contribution is -0.0230. The largest absolute Gasteiger partial charge is 0.370 e. The first-order valence-corrected chi connectivity index (χ1v) is 8.27. The van der Waals surface area contributed by atoms with Crippen LogP contribution in [0.3, 0.4) is 0 Å². The van der Waals surface area contributed by atoms with Gasteiger partial charge in [0.2, 0.25) is 0 Å². The molecule has 1 atom stereocenters. The predicted octanol–water partition coefficient (Wildman–Crippen LogP) is 2.28. The Balaban J connectivity index is 1.63. The number of nitrogens with zero attached hydrogens (tertiary/aromatic N) is 2. The molecule has 0 radical (unpaired) electrons. The second-order valence-corrected chi connectivity index (χ2v) is 6.11. The van der Waals surface area contributed by atoms with Gasteiger partial charge in [-0.2, -0.15) is 5.10 Å². The van der Waals surface area contributed by atoms with E-state index in [2.05, 4.69) is 10.2 Å². The van der Waals surface area contributed by atoms with Crippen LogP contribution in [0.15, 0.2) is 53.3 Å². The summed E-state index contributed by atoms with van der Waals surface area (Å²) in [5.74, 6) is -0.589. The molecule has 1 aromatic heterocycles. The Morgan fingerprint density at radius 3 is 2.65 bits per heavy atom. The second kappa shape index (κ2) is 6.68. The Kier molecular flexibility index (Phi) is 4.22. The van der Waals surface area contributed by atoms with E-state index in [0.717, 1.165) is 5.56 Å². The summed E-state index contributed by atoms with van der Waals surface area (Å²) in [5, 5.41) is 7.30. The smallest absolute Gasteiger partial charge is 0.275 e. The van der Waals surface area contributed by atoms with Crippen LogP contribution in [-0.4, -0.2) is 40.7 Å². The number of rotatable bonds is 2. The highest BCUT2D eigenvalue weighted by atomic mass is 19.1. The maximum atomic E-state index is 13.1. The highest BCUT2D eigenvalue weighted by molar-refractivity contribution is 6.04. The fourth-order valence-electron chi connectivity index (χ4n) is 3.14. The monoisotopic (exact) mass is 353 g/mol. The zero-order chi connectivity index (χ0) is 18.1. The SMILES string of the molecule is O=C(c1n[nH]c(=O)c2ccccc12)N1CCOC(c2ccc(F)cc2)C1. The lowest BCUT2D eigenvalue weighted by atomic mass is 10.1. The zero-order valence-corrected chi connectivity index (χ0v) is 13.8. The highest BCUT2D eigenvalue weighted by Gasteiger charge is 2.28. The molecule has 1 N–H and O–H groups in total. The van der Waals surface area contributed by atoms with Crippen molar-refractivity contribution in [3.8, 4) is 0 Å². The van der Waals surface area contributed by atoms with Crippen LogP contribution >= 0.6 is 0 Å². The van der Waals surface area contributed by atoms with Gasteiger partial charge in [-0.1, -0.05) is 30.3 Å². The normalized spacial score (nSPS) is 17.4. The van der Waals surface area contributed by atoms with Crippen LogP contribution in [0.2, 0.25) is 0 Å². The summed E-state index contributed by atoms with van der Waals surface area (Å²) in [6.07, 6.45) is -0.331. The first-order valence-electron chi connectivity index (χ1n) is 8.27. The summed E-state index contributed by atoms with van der Waals surface area (Å²) in [7, 11) is 0. The number of morpholine rings is 1. The van der Waals surface area contributed by atoms with Crippen LogP contribution < -0.4 is 5.56 Å². The first kappa shape index (κ1) is 16.4. The van der Waals surface area contributed by atoms with E-state index < -0.39 is 0 Å². The molecule has 1 aliphatic heterocycles. The maximum absolute atomic E-state index is 13.1. The van der Waals surface area contributed by atoms with Gasteiger partial charge in [0.1, 0.15) is 11.9 Å². The molecule has 1 aliphatic rings. The second-order valence-electron chi connectivity index (χ2n) is 6.11. The molecule has 0 bridgehead atoms. The Morgan fingerprint density at radius 2 is 1.88 bits per heavy atom. The fourth-order valence-corrected chi connectivity index (χ4v) is 3.14. The van der Waals surface area contributed by atoms with E-state index in [1.165, 1.54) is 12.1 Å². The molecule has 6 nitrogen and oxygen atoms in total. The summed E-state index contributed by atoms with van der Waals surface area (Å²) in [4.78, 5) is 26.5. The van der Waals surface area contributed by atoms with Crippen LogP contribution in [0.1, 0.15) is 22.2 Å². The Bertz CT molecular complexity index is 1020. The number of aromatic amines is 1. The number of nitrogens with one attached hydrogen (secondary N) is 1. The predicted molar refractivity (Wildman–Crippen MR) is 93.4 cm³/mol. The molecule has 1 saturated heterocycles. The summed E-state index contributed by atoms with van der Waals surface area (Å²) >= 11 is 0. The molecule has 1 fully saturated rings. The van der Waals surface area contributed by atoms with Gasteiger partial charge in [-0.15, -0.1) is 0 Å². The van der Waals surface area contributed by atoms with Crippen LogP contribution in [0.4, 0.5) is 4.39 Å². The van der Waals surface area contributed by atoms with E-state index >= 15 is 0 Å². The molecule has 7 heteroatoms. The molecule has 1 amide bonds. The number of benzene rings is 2. The number of hydrogen-bond acceptors (Lipinski definition) is 4. The van der Waals surface area contributed by atoms with E-state index in [1.807, 2.05) is 0 Å². The lowest BCUT2D eigenvalue weighted by Crippen LogP contribution is -2.42. The molecule has 4 rings (SSSR count). The van der Waals surface area contributed by atoms with Gasteiger partial charge >= 0.3 is 0 Å². The van der Waals surface area contributed by atoms with Crippen molar-refractivity contribution in [2.45, 2.75) is 6.10 Å². The van der Waals surface area contributed by atoms with Crippen molar-refractivity contribution < 1.29 is 13.9 Å². The van der Waals surface area contributed by atoms with Crippen molar-refractivity contribution in [2.24, 2.45) is 0 Å². The average Bonchev–Trinajstić information content (AvgIpc) is 2.69. The number of amides is 1. The van der Waals surface area contributed by atoms with Crippen LogP contribution in [0, 0.1) is 5.82 Å². The lowest BCUT2D eigenvalue weighted by Gasteiger charge is -2.33. The number of ether oxygens (including phenoxy) is 1. The minimum Gasteiger partial charge on any atom is -0.370 e. The number of hydrogen-bond donors (Lipinski definition) is 1. The van der Waals surface area contributed by atoms with Gasteiger partial charge in [0, 0.05) is 11.9 Å². The average molecular weight is 353 g/mol. The third kappa shape index (κ3) is 2.97. The van der Waals surface area contributed by atoms with Crippen molar-refractivity contribution in [1.29, 1.82) is 0 Å². The molecule has 2 heterocycles. The molecule has 132 valence electrons. The van der Waals surface area contributed by atoms with E-state index in [-0.39, 0.29) is 29.1 Å². The Hall–Kier alpha value is -3.06. The van der Waals surface area contributed by atoms with Gasteiger partial charge in [0.15, 0.2) is 5.69 Å². The minimum absolute atomic E-state index is 0.208. The summed E-state index contributed by atoms with van der Waals surface area (Å²) < 4.78 is 18.9. The summed E-state index contributed by atoms with van der Waals surface area (Å²) in [6, 6.07) is 12.9. The molecular formula is C19H16FN3O3. The number of carbonyl (C=O) groups excluding carboxylic acids is 1. The molecule has 0 saturated carbocycles. The van der Waals surface area contributed by atoms with Gasteiger partial charge < -0.3 is 9.64 Å². The number of carbonyl (C=O) groups is 1. The fraction of sp³-hybridized carbons (Fsp3) is 0.211. The van der Waals surface area contributed by atoms with Gasteiger partial charge in [-0.3, -0.25) is 9.59 Å². The molecular weight excluding hydrogens is 337 g/mol. The van der Waals surface area contributed by atoms with E-state index in [0.29, 0.717) is 30.5 Å². The first-order chi connectivity index (χ1) is 12.6. The highest BCUT2D eigenvalue weighted by Crippen LogP contribution is 2.24. The van der Waals surface area contributed by atoms with Crippen LogP contribution in [0.5, 0.6) is 0 Å². The molecule has 3 aromatic rings. The van der Waals surface area contributed by atoms with Crippen molar-refractivity contribution in [1.82, 2.24) is 15.1 Å². The van der Waals surface area contributed by atoms with Gasteiger partial charge in [0.25, 0.3) is 11.5 Å². The third-order valence-electron chi connectivity index (χ3n) is 4.49.